The average molecular weight is 264 g/mol. The summed E-state index contributed by atoms with van der Waals surface area (Å²) in [5.74, 6) is 0. The van der Waals surface area contributed by atoms with Gasteiger partial charge in [0.2, 0.25) is 0 Å². The van der Waals surface area contributed by atoms with Gasteiger partial charge < -0.3 is 5.11 Å². The molecule has 0 aliphatic carbocycles. The first kappa shape index (κ1) is 12.8. The van der Waals surface area contributed by atoms with E-state index < -0.39 is 6.10 Å². The smallest absolute Gasteiger partial charge is 0.0704 e. The normalized spacial score (nSPS) is 12.4. The summed E-state index contributed by atoms with van der Waals surface area (Å²) in [4.78, 5) is 8.42. The highest BCUT2D eigenvalue weighted by atomic mass is 16.3. The van der Waals surface area contributed by atoms with Crippen LogP contribution in [0.5, 0.6) is 0 Å². The first-order chi connectivity index (χ1) is 9.83. The molecular formula is C17H16N2O. The van der Waals surface area contributed by atoms with Crippen LogP contribution in [-0.4, -0.2) is 21.2 Å². The lowest BCUT2D eigenvalue weighted by molar-refractivity contribution is 0.175. The molecule has 3 aromatic rings. The Morgan fingerprint density at radius 2 is 1.85 bits per heavy atom. The van der Waals surface area contributed by atoms with Crippen molar-refractivity contribution in [3.63, 3.8) is 0 Å². The monoisotopic (exact) mass is 264 g/mol. The van der Waals surface area contributed by atoms with Gasteiger partial charge in [0.25, 0.3) is 0 Å². The summed E-state index contributed by atoms with van der Waals surface area (Å²) in [5, 5.41) is 11.4. The third-order valence-electron chi connectivity index (χ3n) is 3.39. The molecule has 0 amide bonds. The summed E-state index contributed by atoms with van der Waals surface area (Å²) in [6.45, 7) is 0. The van der Waals surface area contributed by atoms with Gasteiger partial charge in [-0.2, -0.15) is 0 Å². The first-order valence-corrected chi connectivity index (χ1v) is 6.72. The molecular weight excluding hydrogens is 248 g/mol. The zero-order chi connectivity index (χ0) is 13.8. The highest BCUT2D eigenvalue weighted by Crippen LogP contribution is 2.18. The molecule has 0 saturated heterocycles. The number of benzene rings is 1. The largest absolute Gasteiger partial charge is 0.392 e. The minimum absolute atomic E-state index is 0.412. The van der Waals surface area contributed by atoms with Crippen molar-refractivity contribution in [2.75, 3.05) is 0 Å². The number of para-hydroxylation sites is 1. The van der Waals surface area contributed by atoms with Gasteiger partial charge in [0.15, 0.2) is 0 Å². The van der Waals surface area contributed by atoms with Gasteiger partial charge in [0.1, 0.15) is 0 Å². The lowest BCUT2D eigenvalue weighted by atomic mass is 9.99. The molecule has 2 heterocycles. The molecule has 3 nitrogen and oxygen atoms in total. The predicted molar refractivity (Wildman–Crippen MR) is 79.4 cm³/mol. The summed E-state index contributed by atoms with van der Waals surface area (Å²) in [6.07, 6.45) is 6.17. The van der Waals surface area contributed by atoms with Crippen molar-refractivity contribution in [2.45, 2.75) is 18.9 Å². The number of aliphatic hydroxyl groups excluding tert-OH is 1. The van der Waals surface area contributed by atoms with Crippen LogP contribution in [0.1, 0.15) is 11.1 Å². The van der Waals surface area contributed by atoms with Crippen molar-refractivity contribution in [1.29, 1.82) is 0 Å². The van der Waals surface area contributed by atoms with Gasteiger partial charge in [-0.25, -0.2) is 0 Å². The Hall–Kier alpha value is -2.26. The van der Waals surface area contributed by atoms with Crippen molar-refractivity contribution < 1.29 is 5.11 Å². The average Bonchev–Trinajstić information content (AvgIpc) is 2.48. The van der Waals surface area contributed by atoms with E-state index in [-0.39, 0.29) is 0 Å². The second-order valence-electron chi connectivity index (χ2n) is 4.91. The lowest BCUT2D eigenvalue weighted by Gasteiger charge is -2.12. The molecule has 20 heavy (non-hydrogen) atoms. The van der Waals surface area contributed by atoms with Crippen LogP contribution in [0, 0.1) is 0 Å². The van der Waals surface area contributed by atoms with E-state index >= 15 is 0 Å². The molecule has 0 aliphatic heterocycles. The number of pyridine rings is 2. The fraction of sp³-hybridized carbons (Fsp3) is 0.176. The van der Waals surface area contributed by atoms with Crippen LogP contribution >= 0.6 is 0 Å². The van der Waals surface area contributed by atoms with Gasteiger partial charge in [0.05, 0.1) is 11.6 Å². The Kier molecular flexibility index (Phi) is 3.70. The van der Waals surface area contributed by atoms with E-state index in [1.165, 1.54) is 0 Å². The molecule has 1 unspecified atom stereocenters. The number of rotatable bonds is 4. The number of nitrogens with zero attached hydrogens (tertiary/aromatic N) is 2. The van der Waals surface area contributed by atoms with E-state index in [4.69, 9.17) is 0 Å². The number of aromatic nitrogens is 2. The van der Waals surface area contributed by atoms with Gasteiger partial charge in [-0.1, -0.05) is 24.3 Å². The number of aliphatic hydroxyl groups is 1. The van der Waals surface area contributed by atoms with E-state index in [0.29, 0.717) is 12.8 Å². The second-order valence-corrected chi connectivity index (χ2v) is 4.91. The lowest BCUT2D eigenvalue weighted by Crippen LogP contribution is -2.14. The van der Waals surface area contributed by atoms with Crippen LogP contribution in [0.15, 0.2) is 61.1 Å². The van der Waals surface area contributed by atoms with Gasteiger partial charge in [-0.3, -0.25) is 9.97 Å². The maximum Gasteiger partial charge on any atom is 0.0704 e. The molecule has 2 aromatic heterocycles. The Bertz CT molecular complexity index is 692. The van der Waals surface area contributed by atoms with Crippen molar-refractivity contribution >= 4 is 10.9 Å². The van der Waals surface area contributed by atoms with Crippen LogP contribution in [-0.2, 0) is 12.8 Å². The second kappa shape index (κ2) is 5.80. The van der Waals surface area contributed by atoms with Crippen molar-refractivity contribution in [2.24, 2.45) is 0 Å². The third-order valence-corrected chi connectivity index (χ3v) is 3.39. The Labute approximate surface area is 117 Å². The maximum atomic E-state index is 10.3. The summed E-state index contributed by atoms with van der Waals surface area (Å²) in [5.41, 5.74) is 3.16. The Balaban J connectivity index is 1.79. The van der Waals surface area contributed by atoms with E-state index in [0.717, 1.165) is 22.0 Å². The van der Waals surface area contributed by atoms with Crippen LogP contribution in [0.4, 0.5) is 0 Å². The summed E-state index contributed by atoms with van der Waals surface area (Å²) in [6, 6.07) is 13.9. The van der Waals surface area contributed by atoms with Crippen molar-refractivity contribution in [3.8, 4) is 0 Å². The zero-order valence-electron chi connectivity index (χ0n) is 11.1. The Morgan fingerprint density at radius 1 is 0.950 bits per heavy atom. The molecule has 0 fully saturated rings. The summed E-state index contributed by atoms with van der Waals surface area (Å²) >= 11 is 0. The topological polar surface area (TPSA) is 46.0 Å². The molecule has 0 spiro atoms. The molecule has 1 aromatic carbocycles. The molecule has 0 aliphatic rings. The van der Waals surface area contributed by atoms with Crippen LogP contribution in [0.2, 0.25) is 0 Å². The van der Waals surface area contributed by atoms with E-state index in [1.54, 1.807) is 18.6 Å². The van der Waals surface area contributed by atoms with E-state index in [9.17, 15) is 5.11 Å². The summed E-state index contributed by atoms with van der Waals surface area (Å²) < 4.78 is 0. The molecule has 0 bridgehead atoms. The molecule has 3 rings (SSSR count). The van der Waals surface area contributed by atoms with Gasteiger partial charge in [0, 0.05) is 30.4 Å². The molecule has 1 atom stereocenters. The summed E-state index contributed by atoms with van der Waals surface area (Å²) in [7, 11) is 0. The SMILES string of the molecule is OC(Cc1cccnc1)Cc1ccnc2ccccc12. The van der Waals surface area contributed by atoms with E-state index in [1.807, 2.05) is 36.4 Å². The minimum atomic E-state index is -0.412. The molecule has 100 valence electrons. The number of hydrogen-bond acceptors (Lipinski definition) is 3. The van der Waals surface area contributed by atoms with Crippen LogP contribution < -0.4 is 0 Å². The number of hydrogen-bond donors (Lipinski definition) is 1. The molecule has 0 radical (unpaired) electrons. The van der Waals surface area contributed by atoms with Gasteiger partial charge >= 0.3 is 0 Å². The molecule has 3 heteroatoms. The third kappa shape index (κ3) is 2.83. The predicted octanol–water partition coefficient (Wildman–Crippen LogP) is 2.78. The molecule has 0 saturated carbocycles. The molecule has 1 N–H and O–H groups in total. The quantitative estimate of drug-likeness (QED) is 0.788. The van der Waals surface area contributed by atoms with Crippen molar-refractivity contribution in [3.05, 3.63) is 72.2 Å². The van der Waals surface area contributed by atoms with Crippen molar-refractivity contribution in [1.82, 2.24) is 9.97 Å². The number of fused-ring (bicyclic) bond motifs is 1. The minimum Gasteiger partial charge on any atom is -0.392 e. The standard InChI is InChI=1S/C17H16N2O/c20-15(10-13-4-3-8-18-12-13)11-14-7-9-19-17-6-2-1-5-16(14)17/h1-9,12,15,20H,10-11H2. The highest BCUT2D eigenvalue weighted by molar-refractivity contribution is 5.81. The van der Waals surface area contributed by atoms with Gasteiger partial charge in [-0.05, 0) is 35.7 Å². The van der Waals surface area contributed by atoms with E-state index in [2.05, 4.69) is 16.0 Å². The zero-order valence-corrected chi connectivity index (χ0v) is 11.1. The fourth-order valence-electron chi connectivity index (χ4n) is 2.45. The highest BCUT2D eigenvalue weighted by Gasteiger charge is 2.09. The fourth-order valence-corrected chi connectivity index (χ4v) is 2.45. The Morgan fingerprint density at radius 3 is 2.70 bits per heavy atom. The first-order valence-electron chi connectivity index (χ1n) is 6.72. The van der Waals surface area contributed by atoms with Gasteiger partial charge in [-0.15, -0.1) is 0 Å². The van der Waals surface area contributed by atoms with Crippen LogP contribution in [0.25, 0.3) is 10.9 Å². The maximum absolute atomic E-state index is 10.3. The van der Waals surface area contributed by atoms with Crippen LogP contribution in [0.3, 0.4) is 0 Å².